The molecule has 0 saturated heterocycles. The van der Waals surface area contributed by atoms with Gasteiger partial charge >= 0.3 is 5.97 Å². The van der Waals surface area contributed by atoms with Crippen LogP contribution in [0.5, 0.6) is 0 Å². The van der Waals surface area contributed by atoms with E-state index < -0.39 is 5.97 Å². The highest BCUT2D eigenvalue weighted by atomic mass is 79.9. The Hall–Kier alpha value is -2.08. The highest BCUT2D eigenvalue weighted by molar-refractivity contribution is 9.09. The number of nitrogens with one attached hydrogen (secondary N) is 1. The molecular formula is C19H20BrN3O2. The van der Waals surface area contributed by atoms with Gasteiger partial charge < -0.3 is 15.0 Å². The fourth-order valence-electron chi connectivity index (χ4n) is 3.45. The molecule has 0 radical (unpaired) electrons. The van der Waals surface area contributed by atoms with E-state index in [1.54, 1.807) is 12.3 Å². The lowest BCUT2D eigenvalue weighted by molar-refractivity contribution is 0.0697. The second kappa shape index (κ2) is 6.02. The quantitative estimate of drug-likeness (QED) is 0.734. The summed E-state index contributed by atoms with van der Waals surface area (Å²) in [7, 11) is 2.06. The Morgan fingerprint density at radius 3 is 2.84 bits per heavy atom. The summed E-state index contributed by atoms with van der Waals surface area (Å²) >= 11 is 3.75. The Kier molecular flexibility index (Phi) is 3.95. The van der Waals surface area contributed by atoms with Crippen LogP contribution >= 0.6 is 15.9 Å². The third kappa shape index (κ3) is 2.99. The summed E-state index contributed by atoms with van der Waals surface area (Å²) in [5, 5.41) is 12.8. The zero-order chi connectivity index (χ0) is 17.7. The van der Waals surface area contributed by atoms with Crippen molar-refractivity contribution in [3.63, 3.8) is 0 Å². The van der Waals surface area contributed by atoms with E-state index in [0.29, 0.717) is 11.7 Å². The van der Waals surface area contributed by atoms with Gasteiger partial charge in [-0.2, -0.15) is 0 Å². The van der Waals surface area contributed by atoms with Gasteiger partial charge in [-0.25, -0.2) is 9.78 Å². The van der Waals surface area contributed by atoms with Gasteiger partial charge in [0, 0.05) is 36.8 Å². The average Bonchev–Trinajstić information content (AvgIpc) is 3.35. The number of carboxylic acid groups (broad SMARTS) is 1. The van der Waals surface area contributed by atoms with Crippen molar-refractivity contribution in [3.8, 4) is 0 Å². The van der Waals surface area contributed by atoms with Gasteiger partial charge in [-0.3, -0.25) is 0 Å². The minimum Gasteiger partial charge on any atom is -0.478 e. The minimum atomic E-state index is -0.944. The number of pyridine rings is 1. The third-order valence-corrected chi connectivity index (χ3v) is 5.80. The summed E-state index contributed by atoms with van der Waals surface area (Å²) in [5.74, 6) is -0.0465. The molecule has 1 atom stereocenters. The molecule has 5 nitrogen and oxygen atoms in total. The number of rotatable bonds is 4. The number of allylic oxidation sites excluding steroid dienone is 1. The molecule has 1 fully saturated rings. The number of aromatic nitrogens is 2. The summed E-state index contributed by atoms with van der Waals surface area (Å²) < 4.78 is 2.19. The first-order valence-corrected chi connectivity index (χ1v) is 9.36. The highest BCUT2D eigenvalue weighted by Crippen LogP contribution is 2.41. The van der Waals surface area contributed by atoms with E-state index in [0.717, 1.165) is 36.1 Å². The summed E-state index contributed by atoms with van der Waals surface area (Å²) in [6.45, 7) is 2.08. The van der Waals surface area contributed by atoms with E-state index in [2.05, 4.69) is 56.9 Å². The van der Waals surface area contributed by atoms with Crippen LogP contribution in [0.4, 0.5) is 5.82 Å². The molecule has 6 heteroatoms. The maximum Gasteiger partial charge on any atom is 0.339 e. The molecule has 1 saturated carbocycles. The number of aryl methyl sites for hydroxylation is 1. The molecule has 0 spiro atoms. The van der Waals surface area contributed by atoms with Gasteiger partial charge in [0.25, 0.3) is 0 Å². The SMILES string of the molecule is Cc1cc2c(n1C)C(Br)CC(Nc1ncc(C3CC3)cc1C(=O)O)=C2. The fourth-order valence-corrected chi connectivity index (χ4v) is 4.37. The number of hydrogen-bond acceptors (Lipinski definition) is 3. The van der Waals surface area contributed by atoms with Gasteiger partial charge in [-0.05, 0) is 55.0 Å². The van der Waals surface area contributed by atoms with Gasteiger partial charge in [0.15, 0.2) is 0 Å². The number of alkyl halides is 1. The molecule has 130 valence electrons. The van der Waals surface area contributed by atoms with Crippen LogP contribution in [0.25, 0.3) is 6.08 Å². The normalized spacial score (nSPS) is 19.3. The van der Waals surface area contributed by atoms with Crippen molar-refractivity contribution in [1.82, 2.24) is 9.55 Å². The first-order chi connectivity index (χ1) is 11.9. The largest absolute Gasteiger partial charge is 0.478 e. The topological polar surface area (TPSA) is 67.2 Å². The standard InChI is InChI=1S/C19H20BrN3O2/c1-10-5-12-6-14(8-16(20)17(12)23(10)2)22-18-15(19(24)25)7-13(9-21-18)11-3-4-11/h5-7,9,11,16H,3-4,8H2,1-2H3,(H,21,22)(H,24,25). The van der Waals surface area contributed by atoms with Crippen molar-refractivity contribution in [2.75, 3.05) is 5.32 Å². The van der Waals surface area contributed by atoms with Gasteiger partial charge in [-0.15, -0.1) is 0 Å². The van der Waals surface area contributed by atoms with Crippen molar-refractivity contribution in [3.05, 3.63) is 52.1 Å². The number of hydrogen-bond donors (Lipinski definition) is 2. The van der Waals surface area contributed by atoms with Crippen molar-refractivity contribution in [2.24, 2.45) is 7.05 Å². The minimum absolute atomic E-state index is 0.188. The average molecular weight is 402 g/mol. The fraction of sp³-hybridized carbons (Fsp3) is 0.368. The summed E-state index contributed by atoms with van der Waals surface area (Å²) in [6.07, 6.45) is 6.90. The van der Waals surface area contributed by atoms with Gasteiger partial charge in [0.05, 0.1) is 4.83 Å². The van der Waals surface area contributed by atoms with Gasteiger partial charge in [-0.1, -0.05) is 15.9 Å². The van der Waals surface area contributed by atoms with Crippen molar-refractivity contribution < 1.29 is 9.90 Å². The predicted molar refractivity (Wildman–Crippen MR) is 101 cm³/mol. The number of nitrogens with zero attached hydrogens (tertiary/aromatic N) is 2. The third-order valence-electron chi connectivity index (χ3n) is 5.04. The van der Waals surface area contributed by atoms with Crippen LogP contribution in [0.15, 0.2) is 24.0 Å². The molecule has 0 aromatic carbocycles. The molecule has 0 aliphatic heterocycles. The molecule has 2 aliphatic rings. The Morgan fingerprint density at radius 1 is 1.40 bits per heavy atom. The first kappa shape index (κ1) is 16.4. The second-order valence-electron chi connectivity index (χ2n) is 6.90. The number of fused-ring (bicyclic) bond motifs is 1. The second-order valence-corrected chi connectivity index (χ2v) is 8.00. The van der Waals surface area contributed by atoms with Crippen LogP contribution in [0.2, 0.25) is 0 Å². The van der Waals surface area contributed by atoms with Crippen LogP contribution in [0.1, 0.15) is 62.9 Å². The van der Waals surface area contributed by atoms with Crippen LogP contribution in [0.3, 0.4) is 0 Å². The molecule has 2 aliphatic carbocycles. The smallest absolute Gasteiger partial charge is 0.339 e. The number of carbonyl (C=O) groups is 1. The molecule has 0 amide bonds. The van der Waals surface area contributed by atoms with Gasteiger partial charge in [0.2, 0.25) is 0 Å². The summed E-state index contributed by atoms with van der Waals surface area (Å²) in [5.41, 5.74) is 5.84. The summed E-state index contributed by atoms with van der Waals surface area (Å²) in [6, 6.07) is 3.91. The molecule has 2 N–H and O–H groups in total. The monoisotopic (exact) mass is 401 g/mol. The van der Waals surface area contributed by atoms with Crippen molar-refractivity contribution in [2.45, 2.75) is 36.9 Å². The van der Waals surface area contributed by atoms with E-state index in [9.17, 15) is 9.90 Å². The molecule has 25 heavy (non-hydrogen) atoms. The predicted octanol–water partition coefficient (Wildman–Crippen LogP) is 4.60. The molecule has 1 unspecified atom stereocenters. The maximum absolute atomic E-state index is 11.7. The van der Waals surface area contributed by atoms with E-state index >= 15 is 0 Å². The number of carboxylic acids is 1. The van der Waals surface area contributed by atoms with E-state index in [-0.39, 0.29) is 10.4 Å². The molecule has 2 aromatic rings. The van der Waals surface area contributed by atoms with E-state index in [1.165, 1.54) is 11.4 Å². The lowest BCUT2D eigenvalue weighted by atomic mass is 10.0. The molecule has 4 rings (SSSR count). The summed E-state index contributed by atoms with van der Waals surface area (Å²) in [4.78, 5) is 16.3. The molecular weight excluding hydrogens is 382 g/mol. The maximum atomic E-state index is 11.7. The number of halogens is 1. The van der Waals surface area contributed by atoms with E-state index in [4.69, 9.17) is 0 Å². The zero-order valence-electron chi connectivity index (χ0n) is 14.2. The lowest BCUT2D eigenvalue weighted by Crippen LogP contribution is -2.14. The number of anilines is 1. The Balaban J connectivity index is 1.67. The molecule has 2 aromatic heterocycles. The van der Waals surface area contributed by atoms with E-state index in [1.807, 2.05) is 0 Å². The van der Waals surface area contributed by atoms with Crippen molar-refractivity contribution >= 4 is 33.8 Å². The number of aromatic carboxylic acids is 1. The van der Waals surface area contributed by atoms with Crippen LogP contribution < -0.4 is 5.32 Å². The molecule has 2 heterocycles. The Morgan fingerprint density at radius 2 is 2.16 bits per heavy atom. The molecule has 0 bridgehead atoms. The Bertz CT molecular complexity index is 896. The first-order valence-electron chi connectivity index (χ1n) is 8.45. The van der Waals surface area contributed by atoms with Crippen LogP contribution in [-0.4, -0.2) is 20.6 Å². The van der Waals surface area contributed by atoms with Crippen LogP contribution in [-0.2, 0) is 7.05 Å². The van der Waals surface area contributed by atoms with Gasteiger partial charge in [0.1, 0.15) is 11.4 Å². The zero-order valence-corrected chi connectivity index (χ0v) is 15.8. The lowest BCUT2D eigenvalue weighted by Gasteiger charge is -2.22. The highest BCUT2D eigenvalue weighted by Gasteiger charge is 2.27. The Labute approximate surface area is 154 Å². The van der Waals surface area contributed by atoms with Crippen LogP contribution in [0, 0.1) is 6.92 Å². The van der Waals surface area contributed by atoms with Crippen molar-refractivity contribution in [1.29, 1.82) is 0 Å².